The second-order valence-electron chi connectivity index (χ2n) is 12.6. The molecule has 0 heterocycles. The van der Waals surface area contributed by atoms with Crippen molar-refractivity contribution in [3.63, 3.8) is 0 Å². The summed E-state index contributed by atoms with van der Waals surface area (Å²) in [7, 11) is 0. The molecule has 16 heteroatoms. The second kappa shape index (κ2) is 19.0. The molecular weight excluding hydrogens is 654 g/mol. The zero-order valence-electron chi connectivity index (χ0n) is 28.2. The van der Waals surface area contributed by atoms with E-state index in [1.807, 2.05) is 0 Å². The van der Waals surface area contributed by atoms with Crippen molar-refractivity contribution in [2.24, 2.45) is 17.6 Å². The number of aliphatic hydroxyl groups excluding tert-OH is 1. The van der Waals surface area contributed by atoms with E-state index in [1.54, 1.807) is 58.0 Å². The van der Waals surface area contributed by atoms with Crippen molar-refractivity contribution in [3.05, 3.63) is 65.2 Å². The van der Waals surface area contributed by atoms with Gasteiger partial charge in [-0.05, 0) is 54.9 Å². The first kappa shape index (κ1) is 40.8. The van der Waals surface area contributed by atoms with E-state index >= 15 is 0 Å². The van der Waals surface area contributed by atoms with E-state index in [2.05, 4.69) is 21.3 Å². The van der Waals surface area contributed by atoms with Gasteiger partial charge in [0.05, 0.1) is 23.2 Å². The fraction of sp³-hybridized carbons (Fsp3) is 0.441. The molecule has 50 heavy (non-hydrogen) atoms. The summed E-state index contributed by atoms with van der Waals surface area (Å²) >= 11 is 0. The number of nitrogens with two attached hydrogens (primary N) is 1. The Kier molecular flexibility index (Phi) is 15.5. The Bertz CT molecular complexity index is 1510. The van der Waals surface area contributed by atoms with Gasteiger partial charge in [-0.1, -0.05) is 58.0 Å². The van der Waals surface area contributed by atoms with Gasteiger partial charge in [0.1, 0.15) is 12.1 Å². The third-order valence-electron chi connectivity index (χ3n) is 7.56. The number of aliphatic hydroxyl groups is 1. The highest BCUT2D eigenvalue weighted by Gasteiger charge is 2.34. The Morgan fingerprint density at radius 1 is 0.740 bits per heavy atom. The highest BCUT2D eigenvalue weighted by Crippen LogP contribution is 2.18. The number of hydrogen-bond acceptors (Lipinski definition) is 9. The third kappa shape index (κ3) is 12.9. The summed E-state index contributed by atoms with van der Waals surface area (Å²) in [5.74, 6) is -7.92. The predicted molar refractivity (Wildman–Crippen MR) is 180 cm³/mol. The van der Waals surface area contributed by atoms with Crippen LogP contribution in [0.15, 0.2) is 48.5 Å². The molecule has 272 valence electrons. The van der Waals surface area contributed by atoms with Gasteiger partial charge in [-0.3, -0.25) is 24.0 Å². The number of rotatable bonds is 19. The van der Waals surface area contributed by atoms with Gasteiger partial charge in [0.2, 0.25) is 17.7 Å². The Hall–Kier alpha value is -5.35. The van der Waals surface area contributed by atoms with Crippen LogP contribution in [0.1, 0.15) is 73.2 Å². The van der Waals surface area contributed by atoms with E-state index in [4.69, 9.17) is 10.8 Å². The molecule has 5 atom stereocenters. The van der Waals surface area contributed by atoms with E-state index in [0.717, 1.165) is 18.2 Å². The molecule has 0 aliphatic carbocycles. The molecule has 2 aromatic carbocycles. The average molecular weight is 700 g/mol. The number of aromatic carboxylic acids is 2. The maximum atomic E-state index is 13.7. The number of hydrogen-bond donors (Lipinski definition) is 9. The van der Waals surface area contributed by atoms with Crippen LogP contribution >= 0.6 is 0 Å². The van der Waals surface area contributed by atoms with Crippen molar-refractivity contribution in [2.45, 2.75) is 83.6 Å². The Morgan fingerprint density at radius 2 is 1.32 bits per heavy atom. The number of carboxylic acids is 3. The largest absolute Gasteiger partial charge is 0.481 e. The first-order valence-electron chi connectivity index (χ1n) is 15.9. The average Bonchev–Trinajstić information content (AvgIpc) is 3.04. The first-order valence-corrected chi connectivity index (χ1v) is 15.9. The fourth-order valence-electron chi connectivity index (χ4n) is 4.91. The van der Waals surface area contributed by atoms with Gasteiger partial charge in [-0.2, -0.15) is 0 Å². The SMILES string of the molecule is CC(C)C[C@H](NC(=O)[C@@H](NC(=O)[C@@H](N)CCC(=O)O)C(C)C)C(=O)N[C@@H](Cc1ccccc1)[C@@H](O)C(=O)Nc1cc(C(=O)O)cc(C(=O)O)c1. The minimum absolute atomic E-state index is 0.0576. The normalized spacial score (nSPS) is 14.1. The lowest BCUT2D eigenvalue weighted by Gasteiger charge is -2.29. The number of carboxylic acid groups (broad SMARTS) is 3. The van der Waals surface area contributed by atoms with Crippen LogP contribution in [0.25, 0.3) is 0 Å². The van der Waals surface area contributed by atoms with Gasteiger partial charge in [0.25, 0.3) is 5.91 Å². The highest BCUT2D eigenvalue weighted by atomic mass is 16.4. The number of carbonyl (C=O) groups excluding carboxylic acids is 4. The zero-order valence-corrected chi connectivity index (χ0v) is 28.2. The number of benzene rings is 2. The summed E-state index contributed by atoms with van der Waals surface area (Å²) in [6, 6.07) is 6.68. The van der Waals surface area contributed by atoms with E-state index < -0.39 is 88.9 Å². The summed E-state index contributed by atoms with van der Waals surface area (Å²) < 4.78 is 0. The molecule has 0 bridgehead atoms. The molecule has 0 aliphatic rings. The first-order chi connectivity index (χ1) is 23.4. The van der Waals surface area contributed by atoms with Crippen LogP contribution in [-0.4, -0.2) is 92.2 Å². The summed E-state index contributed by atoms with van der Waals surface area (Å²) in [5, 5.41) is 49.0. The molecule has 0 radical (unpaired) electrons. The molecule has 0 spiro atoms. The van der Waals surface area contributed by atoms with Crippen LogP contribution in [-0.2, 0) is 30.4 Å². The molecule has 4 amide bonds. The lowest BCUT2D eigenvalue weighted by molar-refractivity contribution is -0.137. The summed E-state index contributed by atoms with van der Waals surface area (Å²) in [4.78, 5) is 87.0. The smallest absolute Gasteiger partial charge is 0.335 e. The molecule has 0 saturated carbocycles. The monoisotopic (exact) mass is 699 g/mol. The van der Waals surface area contributed by atoms with Crippen LogP contribution in [0.3, 0.4) is 0 Å². The molecule has 0 aromatic heterocycles. The number of nitrogens with one attached hydrogen (secondary N) is 4. The molecular formula is C34H45N5O11. The van der Waals surface area contributed by atoms with E-state index in [0.29, 0.717) is 5.56 Å². The van der Waals surface area contributed by atoms with Crippen molar-refractivity contribution < 1.29 is 54.0 Å². The predicted octanol–water partition coefficient (Wildman–Crippen LogP) is 0.974. The molecule has 16 nitrogen and oxygen atoms in total. The van der Waals surface area contributed by atoms with Crippen LogP contribution < -0.4 is 27.0 Å². The molecule has 10 N–H and O–H groups in total. The Morgan fingerprint density at radius 3 is 1.82 bits per heavy atom. The minimum atomic E-state index is -1.94. The minimum Gasteiger partial charge on any atom is -0.481 e. The van der Waals surface area contributed by atoms with Crippen molar-refractivity contribution in [3.8, 4) is 0 Å². The molecule has 0 unspecified atom stereocenters. The van der Waals surface area contributed by atoms with Gasteiger partial charge < -0.3 is 47.4 Å². The number of carbonyl (C=O) groups is 7. The number of amides is 4. The van der Waals surface area contributed by atoms with Crippen molar-refractivity contribution >= 4 is 47.2 Å². The van der Waals surface area contributed by atoms with Gasteiger partial charge in [0, 0.05) is 12.1 Å². The van der Waals surface area contributed by atoms with Crippen molar-refractivity contribution in [1.82, 2.24) is 16.0 Å². The van der Waals surface area contributed by atoms with Crippen LogP contribution in [0.2, 0.25) is 0 Å². The van der Waals surface area contributed by atoms with E-state index in [1.165, 1.54) is 0 Å². The molecule has 0 saturated heterocycles. The van der Waals surface area contributed by atoms with Gasteiger partial charge in [0.15, 0.2) is 6.10 Å². The van der Waals surface area contributed by atoms with Crippen LogP contribution in [0, 0.1) is 11.8 Å². The molecule has 2 aromatic rings. The fourth-order valence-corrected chi connectivity index (χ4v) is 4.91. The quantitative estimate of drug-likeness (QED) is 0.0993. The topological polar surface area (TPSA) is 275 Å². The summed E-state index contributed by atoms with van der Waals surface area (Å²) in [6.07, 6.45) is -2.38. The van der Waals surface area contributed by atoms with Crippen LogP contribution in [0.5, 0.6) is 0 Å². The number of anilines is 1. The van der Waals surface area contributed by atoms with Crippen molar-refractivity contribution in [2.75, 3.05) is 5.32 Å². The van der Waals surface area contributed by atoms with E-state index in [9.17, 15) is 48.9 Å². The van der Waals surface area contributed by atoms with Crippen molar-refractivity contribution in [1.29, 1.82) is 0 Å². The molecule has 2 rings (SSSR count). The molecule has 0 fully saturated rings. The molecule has 0 aliphatic heterocycles. The third-order valence-corrected chi connectivity index (χ3v) is 7.56. The van der Waals surface area contributed by atoms with E-state index in [-0.39, 0.29) is 37.3 Å². The zero-order chi connectivity index (χ0) is 37.7. The second-order valence-corrected chi connectivity index (χ2v) is 12.6. The summed E-state index contributed by atoms with van der Waals surface area (Å²) in [6.45, 7) is 6.91. The Labute approximate surface area is 288 Å². The van der Waals surface area contributed by atoms with Gasteiger partial charge in [-0.15, -0.1) is 0 Å². The maximum Gasteiger partial charge on any atom is 0.335 e. The van der Waals surface area contributed by atoms with Gasteiger partial charge >= 0.3 is 17.9 Å². The maximum absolute atomic E-state index is 13.7. The Balaban J connectivity index is 2.34. The lowest BCUT2D eigenvalue weighted by Crippen LogP contribution is -2.59. The van der Waals surface area contributed by atoms with Gasteiger partial charge in [-0.25, -0.2) is 9.59 Å². The highest BCUT2D eigenvalue weighted by molar-refractivity contribution is 6.00. The lowest BCUT2D eigenvalue weighted by atomic mass is 9.97. The van der Waals surface area contributed by atoms with Crippen LogP contribution in [0.4, 0.5) is 5.69 Å². The summed E-state index contributed by atoms with van der Waals surface area (Å²) in [5.41, 5.74) is 5.37. The number of aliphatic carboxylic acids is 1. The standard InChI is InChI=1S/C34H45N5O11/c1-17(2)12-25(38-31(45)27(18(3)4)39-29(43)23(35)10-11-26(40)41)30(44)37-24(13-19-8-6-5-7-9-19)28(42)32(46)36-22-15-20(33(47)48)14-21(16-22)34(49)50/h5-9,14-18,23-25,27-28,42H,10-13,35H2,1-4H3,(H,36,46)(H,37,44)(H,38,45)(H,39,43)(H,40,41)(H,47,48)(H,49,50)/t23-,24-,25-,27-,28+/m0/s1.